The van der Waals surface area contributed by atoms with Gasteiger partial charge >= 0.3 is 5.97 Å². The molecule has 0 bridgehead atoms. The minimum absolute atomic E-state index is 0.0210. The Morgan fingerprint density at radius 3 is 1.36 bits per heavy atom. The summed E-state index contributed by atoms with van der Waals surface area (Å²) in [6.07, 6.45) is 48.7. The van der Waals surface area contributed by atoms with E-state index in [0.717, 1.165) is 57.8 Å². The fraction of sp³-hybridized carbons (Fsp3) is 0.872. The zero-order valence-corrected chi connectivity index (χ0v) is 35.2. The summed E-state index contributed by atoms with van der Waals surface area (Å²) in [4.78, 5) is 24.3. The van der Waals surface area contributed by atoms with Crippen LogP contribution in [-0.2, 0) is 14.3 Å². The zero-order chi connectivity index (χ0) is 38.7. The van der Waals surface area contributed by atoms with Crippen LogP contribution in [0.1, 0.15) is 239 Å². The van der Waals surface area contributed by atoms with Crippen molar-refractivity contribution in [1.82, 2.24) is 5.32 Å². The van der Waals surface area contributed by atoms with E-state index in [-0.39, 0.29) is 18.5 Å². The van der Waals surface area contributed by atoms with Crippen LogP contribution in [0.3, 0.4) is 0 Å². The van der Waals surface area contributed by atoms with Crippen LogP contribution in [0.15, 0.2) is 24.3 Å². The lowest BCUT2D eigenvalue weighted by molar-refractivity contribution is -0.143. The van der Waals surface area contributed by atoms with Crippen LogP contribution < -0.4 is 5.32 Å². The van der Waals surface area contributed by atoms with E-state index in [0.29, 0.717) is 19.4 Å². The van der Waals surface area contributed by atoms with Gasteiger partial charge in [-0.25, -0.2) is 0 Å². The molecule has 0 aromatic heterocycles. The standard InChI is InChI=1S/C47H89NO5/c1-3-5-7-9-11-13-15-16-21-25-29-33-37-41-47(52)53-42-38-34-30-26-22-18-17-20-24-28-32-36-40-46(51)48-44(43-49)45(50)39-35-31-27-23-19-14-12-10-8-6-4-2/h13,15,35,39,44-45,49-50H,3-12,14,16-34,36-38,40-43H2,1-2H3,(H,48,51)/b15-13-,39-35+. The molecule has 0 aromatic carbocycles. The first-order valence-electron chi connectivity index (χ1n) is 23.1. The topological polar surface area (TPSA) is 95.9 Å². The molecule has 0 spiro atoms. The van der Waals surface area contributed by atoms with E-state index in [1.807, 2.05) is 6.08 Å². The molecule has 0 aliphatic carbocycles. The molecule has 312 valence electrons. The second-order valence-electron chi connectivity index (χ2n) is 15.7. The molecule has 0 aromatic rings. The van der Waals surface area contributed by atoms with E-state index in [1.54, 1.807) is 6.08 Å². The Kier molecular flexibility index (Phi) is 41.7. The predicted molar refractivity (Wildman–Crippen MR) is 227 cm³/mol. The molecule has 0 aliphatic heterocycles. The maximum Gasteiger partial charge on any atom is 0.305 e. The van der Waals surface area contributed by atoms with Gasteiger partial charge in [-0.05, 0) is 57.8 Å². The second kappa shape index (κ2) is 43.1. The molecule has 0 rings (SSSR count). The molecule has 2 unspecified atom stereocenters. The van der Waals surface area contributed by atoms with Gasteiger partial charge in [0.15, 0.2) is 0 Å². The SMILES string of the molecule is CCCCCC/C=C\CCCCCCCC(=O)OCCCCCCCCCCCCCCC(=O)NC(CO)C(O)/C=C/CCCCCCCCCCC. The lowest BCUT2D eigenvalue weighted by atomic mass is 10.0. The van der Waals surface area contributed by atoms with Crippen molar-refractivity contribution in [2.45, 2.75) is 251 Å². The van der Waals surface area contributed by atoms with Crippen LogP contribution >= 0.6 is 0 Å². The van der Waals surface area contributed by atoms with Gasteiger partial charge in [-0.3, -0.25) is 9.59 Å². The van der Waals surface area contributed by atoms with Gasteiger partial charge in [0, 0.05) is 12.8 Å². The Balaban J connectivity index is 3.50. The highest BCUT2D eigenvalue weighted by atomic mass is 16.5. The first-order valence-corrected chi connectivity index (χ1v) is 23.1. The number of nitrogens with one attached hydrogen (secondary N) is 1. The molecule has 0 aliphatic rings. The summed E-state index contributed by atoms with van der Waals surface area (Å²) >= 11 is 0. The Bertz CT molecular complexity index is 828. The summed E-state index contributed by atoms with van der Waals surface area (Å²) in [5.41, 5.74) is 0. The maximum absolute atomic E-state index is 12.4. The van der Waals surface area contributed by atoms with Gasteiger partial charge in [0.1, 0.15) is 0 Å². The van der Waals surface area contributed by atoms with Crippen LogP contribution in [-0.4, -0.2) is 47.4 Å². The molecular weight excluding hydrogens is 659 g/mol. The molecule has 2 atom stereocenters. The van der Waals surface area contributed by atoms with Crippen LogP contribution in [0.2, 0.25) is 0 Å². The third kappa shape index (κ3) is 39.8. The average Bonchev–Trinajstić information content (AvgIpc) is 3.16. The van der Waals surface area contributed by atoms with Crippen molar-refractivity contribution in [3.63, 3.8) is 0 Å². The van der Waals surface area contributed by atoms with E-state index in [9.17, 15) is 19.8 Å². The van der Waals surface area contributed by atoms with Crippen molar-refractivity contribution in [2.24, 2.45) is 0 Å². The number of allylic oxidation sites excluding steroid dienone is 3. The molecule has 0 fully saturated rings. The molecule has 0 heterocycles. The fourth-order valence-corrected chi connectivity index (χ4v) is 6.86. The van der Waals surface area contributed by atoms with Gasteiger partial charge in [-0.1, -0.05) is 192 Å². The van der Waals surface area contributed by atoms with Crippen molar-refractivity contribution in [3.8, 4) is 0 Å². The van der Waals surface area contributed by atoms with Crippen LogP contribution in [0.25, 0.3) is 0 Å². The number of amides is 1. The molecule has 6 heteroatoms. The number of carbonyl (C=O) groups excluding carboxylic acids is 2. The highest BCUT2D eigenvalue weighted by Crippen LogP contribution is 2.14. The number of hydrogen-bond donors (Lipinski definition) is 3. The predicted octanol–water partition coefficient (Wildman–Crippen LogP) is 13.2. The first-order chi connectivity index (χ1) is 26.0. The highest BCUT2D eigenvalue weighted by molar-refractivity contribution is 5.76. The van der Waals surface area contributed by atoms with Gasteiger partial charge in [-0.2, -0.15) is 0 Å². The zero-order valence-electron chi connectivity index (χ0n) is 35.2. The first kappa shape index (κ1) is 51.3. The smallest absolute Gasteiger partial charge is 0.305 e. The van der Waals surface area contributed by atoms with E-state index in [1.165, 1.54) is 154 Å². The third-order valence-electron chi connectivity index (χ3n) is 10.5. The largest absolute Gasteiger partial charge is 0.466 e. The number of aliphatic hydroxyl groups is 2. The normalized spacial score (nSPS) is 12.9. The van der Waals surface area contributed by atoms with Crippen molar-refractivity contribution < 1.29 is 24.5 Å². The second-order valence-corrected chi connectivity index (χ2v) is 15.7. The van der Waals surface area contributed by atoms with E-state index >= 15 is 0 Å². The van der Waals surface area contributed by atoms with Crippen molar-refractivity contribution >= 4 is 11.9 Å². The van der Waals surface area contributed by atoms with Crippen molar-refractivity contribution in [3.05, 3.63) is 24.3 Å². The van der Waals surface area contributed by atoms with E-state index in [4.69, 9.17) is 4.74 Å². The lowest BCUT2D eigenvalue weighted by Gasteiger charge is -2.20. The van der Waals surface area contributed by atoms with Gasteiger partial charge < -0.3 is 20.3 Å². The minimum Gasteiger partial charge on any atom is -0.466 e. The number of esters is 1. The molecule has 6 nitrogen and oxygen atoms in total. The molecule has 0 saturated heterocycles. The number of aliphatic hydroxyl groups excluding tert-OH is 2. The summed E-state index contributed by atoms with van der Waals surface area (Å²) in [5, 5.41) is 22.9. The number of unbranched alkanes of at least 4 members (excludes halogenated alkanes) is 29. The highest BCUT2D eigenvalue weighted by Gasteiger charge is 2.18. The molecule has 3 N–H and O–H groups in total. The summed E-state index contributed by atoms with van der Waals surface area (Å²) in [7, 11) is 0. The maximum atomic E-state index is 12.4. The Labute approximate surface area is 329 Å². The lowest BCUT2D eigenvalue weighted by Crippen LogP contribution is -2.45. The number of carbonyl (C=O) groups is 2. The van der Waals surface area contributed by atoms with Gasteiger partial charge in [0.25, 0.3) is 0 Å². The van der Waals surface area contributed by atoms with Crippen LogP contribution in [0, 0.1) is 0 Å². The van der Waals surface area contributed by atoms with Crippen molar-refractivity contribution in [1.29, 1.82) is 0 Å². The summed E-state index contributed by atoms with van der Waals surface area (Å²) in [6, 6.07) is -0.637. The molecular formula is C47H89NO5. The van der Waals surface area contributed by atoms with E-state index in [2.05, 4.69) is 31.3 Å². The van der Waals surface area contributed by atoms with Crippen LogP contribution in [0.5, 0.6) is 0 Å². The monoisotopic (exact) mass is 748 g/mol. The average molecular weight is 748 g/mol. The Morgan fingerprint density at radius 2 is 0.887 bits per heavy atom. The minimum atomic E-state index is -0.852. The number of hydrogen-bond acceptors (Lipinski definition) is 5. The molecule has 0 saturated carbocycles. The third-order valence-corrected chi connectivity index (χ3v) is 10.5. The Hall–Kier alpha value is -1.66. The van der Waals surface area contributed by atoms with E-state index < -0.39 is 12.1 Å². The summed E-state index contributed by atoms with van der Waals surface area (Å²) in [5.74, 6) is -0.107. The van der Waals surface area contributed by atoms with Crippen molar-refractivity contribution in [2.75, 3.05) is 13.2 Å². The fourth-order valence-electron chi connectivity index (χ4n) is 6.86. The summed E-state index contributed by atoms with van der Waals surface area (Å²) < 4.78 is 5.44. The molecule has 1 amide bonds. The van der Waals surface area contributed by atoms with Gasteiger partial charge in [0.05, 0.1) is 25.4 Å². The molecule has 0 radical (unpaired) electrons. The van der Waals surface area contributed by atoms with Gasteiger partial charge in [-0.15, -0.1) is 0 Å². The summed E-state index contributed by atoms with van der Waals surface area (Å²) in [6.45, 7) is 4.82. The number of rotatable bonds is 42. The Morgan fingerprint density at radius 1 is 0.509 bits per heavy atom. The molecule has 53 heavy (non-hydrogen) atoms. The number of ether oxygens (including phenoxy) is 1. The van der Waals surface area contributed by atoms with Crippen LogP contribution in [0.4, 0.5) is 0 Å². The quantitative estimate of drug-likeness (QED) is 0.0328. The van der Waals surface area contributed by atoms with Gasteiger partial charge in [0.2, 0.25) is 5.91 Å².